The molecule has 0 N–H and O–H groups in total. The second-order valence-electron chi connectivity index (χ2n) is 6.19. The molecule has 1 aliphatic heterocycles. The van der Waals surface area contributed by atoms with Gasteiger partial charge >= 0.3 is 0 Å². The number of hydrogen-bond donors (Lipinski definition) is 0. The summed E-state index contributed by atoms with van der Waals surface area (Å²) in [5.41, 5.74) is -0.182. The maximum absolute atomic E-state index is 14.0. The number of halogens is 2. The Kier molecular flexibility index (Phi) is 4.93. The van der Waals surface area contributed by atoms with Crippen LogP contribution in [0, 0.1) is 5.92 Å². The van der Waals surface area contributed by atoms with Crippen LogP contribution in [0.5, 0.6) is 0 Å². The number of piperidine rings is 1. The van der Waals surface area contributed by atoms with Crippen LogP contribution < -0.4 is 0 Å². The van der Waals surface area contributed by atoms with Gasteiger partial charge in [-0.1, -0.05) is 0 Å². The van der Waals surface area contributed by atoms with Crippen LogP contribution in [0.4, 0.5) is 8.78 Å². The summed E-state index contributed by atoms with van der Waals surface area (Å²) < 4.78 is 28.1. The molecule has 5 heteroatoms. The van der Waals surface area contributed by atoms with Gasteiger partial charge in [0.05, 0.1) is 0 Å². The molecule has 0 spiro atoms. The van der Waals surface area contributed by atoms with Crippen molar-refractivity contribution in [3.05, 3.63) is 0 Å². The molecule has 0 bridgehead atoms. The maximum Gasteiger partial charge on any atom is 0.262 e. The van der Waals surface area contributed by atoms with Crippen molar-refractivity contribution in [2.45, 2.75) is 52.5 Å². The molecule has 1 rings (SSSR count). The Balaban J connectivity index is 2.90. The van der Waals surface area contributed by atoms with E-state index >= 15 is 0 Å². The molecule has 0 saturated carbocycles. The van der Waals surface area contributed by atoms with Crippen LogP contribution in [0.15, 0.2) is 0 Å². The zero-order valence-electron chi connectivity index (χ0n) is 12.7. The SMILES string of the molecule is CCN(CC)C(=O)C1CN(C(C)(C)C)CCC1(F)F. The molecule has 1 unspecified atom stereocenters. The molecule has 1 aliphatic rings. The summed E-state index contributed by atoms with van der Waals surface area (Å²) in [6.07, 6.45) is -0.234. The van der Waals surface area contributed by atoms with Crippen molar-refractivity contribution < 1.29 is 13.6 Å². The van der Waals surface area contributed by atoms with Crippen LogP contribution in [0.25, 0.3) is 0 Å². The van der Waals surface area contributed by atoms with Crippen LogP contribution in [0.3, 0.4) is 0 Å². The van der Waals surface area contributed by atoms with Crippen molar-refractivity contribution in [1.29, 1.82) is 0 Å². The van der Waals surface area contributed by atoms with Gasteiger partial charge in [0.25, 0.3) is 5.92 Å². The number of likely N-dealkylation sites (tertiary alicyclic amines) is 1. The van der Waals surface area contributed by atoms with Crippen molar-refractivity contribution in [3.8, 4) is 0 Å². The van der Waals surface area contributed by atoms with Crippen molar-refractivity contribution in [1.82, 2.24) is 9.80 Å². The fraction of sp³-hybridized carbons (Fsp3) is 0.929. The average molecular weight is 276 g/mol. The largest absolute Gasteiger partial charge is 0.343 e. The fourth-order valence-electron chi connectivity index (χ4n) is 2.53. The van der Waals surface area contributed by atoms with Crippen molar-refractivity contribution in [2.24, 2.45) is 5.92 Å². The predicted molar refractivity (Wildman–Crippen MR) is 72.3 cm³/mol. The summed E-state index contributed by atoms with van der Waals surface area (Å²) in [5.74, 6) is -4.51. The Labute approximate surface area is 114 Å². The summed E-state index contributed by atoms with van der Waals surface area (Å²) in [7, 11) is 0. The monoisotopic (exact) mass is 276 g/mol. The quantitative estimate of drug-likeness (QED) is 0.791. The zero-order chi connectivity index (χ0) is 14.8. The molecule has 1 atom stereocenters. The van der Waals surface area contributed by atoms with Gasteiger partial charge in [0.1, 0.15) is 5.92 Å². The smallest absolute Gasteiger partial charge is 0.262 e. The number of carbonyl (C=O) groups excluding carboxylic acids is 1. The highest BCUT2D eigenvalue weighted by Gasteiger charge is 2.50. The number of carbonyl (C=O) groups is 1. The lowest BCUT2D eigenvalue weighted by atomic mass is 9.89. The number of amides is 1. The topological polar surface area (TPSA) is 23.6 Å². The number of rotatable bonds is 3. The highest BCUT2D eigenvalue weighted by Crippen LogP contribution is 2.36. The molecule has 1 saturated heterocycles. The number of hydrogen-bond acceptors (Lipinski definition) is 2. The van der Waals surface area contributed by atoms with Gasteiger partial charge in [-0.2, -0.15) is 0 Å². The molecule has 0 aliphatic carbocycles. The van der Waals surface area contributed by atoms with E-state index in [1.165, 1.54) is 4.90 Å². The van der Waals surface area contributed by atoms with Gasteiger partial charge in [0, 0.05) is 38.1 Å². The maximum atomic E-state index is 14.0. The number of nitrogens with zero attached hydrogens (tertiary/aromatic N) is 2. The molecule has 112 valence electrons. The Morgan fingerprint density at radius 2 is 1.84 bits per heavy atom. The third kappa shape index (κ3) is 3.65. The number of alkyl halides is 2. The predicted octanol–water partition coefficient (Wildman–Crippen LogP) is 2.61. The molecule has 1 heterocycles. The lowest BCUT2D eigenvalue weighted by Crippen LogP contribution is -2.58. The van der Waals surface area contributed by atoms with Crippen molar-refractivity contribution >= 4 is 5.91 Å². The van der Waals surface area contributed by atoms with Gasteiger partial charge in [0.15, 0.2) is 0 Å². The lowest BCUT2D eigenvalue weighted by Gasteiger charge is -2.45. The van der Waals surface area contributed by atoms with E-state index in [2.05, 4.69) is 0 Å². The van der Waals surface area contributed by atoms with Gasteiger partial charge in [-0.15, -0.1) is 0 Å². The second-order valence-corrected chi connectivity index (χ2v) is 6.19. The highest BCUT2D eigenvalue weighted by molar-refractivity contribution is 5.80. The zero-order valence-corrected chi connectivity index (χ0v) is 12.7. The summed E-state index contributed by atoms with van der Waals surface area (Å²) in [5, 5.41) is 0. The molecule has 1 fully saturated rings. The Morgan fingerprint density at radius 1 is 1.32 bits per heavy atom. The van der Waals surface area contributed by atoms with Crippen LogP contribution in [-0.2, 0) is 4.79 Å². The molecule has 3 nitrogen and oxygen atoms in total. The van der Waals surface area contributed by atoms with Gasteiger partial charge < -0.3 is 4.90 Å². The van der Waals surface area contributed by atoms with Crippen molar-refractivity contribution in [2.75, 3.05) is 26.2 Å². The Morgan fingerprint density at radius 3 is 2.26 bits per heavy atom. The van der Waals surface area contributed by atoms with Gasteiger partial charge in [0.2, 0.25) is 5.91 Å². The molecule has 0 aromatic heterocycles. The third-order valence-corrected chi connectivity index (χ3v) is 3.95. The minimum atomic E-state index is -2.89. The fourth-order valence-corrected chi connectivity index (χ4v) is 2.53. The first kappa shape index (κ1) is 16.3. The van der Waals surface area contributed by atoms with Gasteiger partial charge in [-0.3, -0.25) is 9.69 Å². The minimum Gasteiger partial charge on any atom is -0.343 e. The molecular formula is C14H26F2N2O. The molecular weight excluding hydrogens is 250 g/mol. The van der Waals surface area contributed by atoms with E-state index in [-0.39, 0.29) is 18.5 Å². The van der Waals surface area contributed by atoms with Crippen LogP contribution in [-0.4, -0.2) is 53.3 Å². The first-order valence-electron chi connectivity index (χ1n) is 7.05. The normalized spacial score (nSPS) is 24.3. The Bertz CT molecular complexity index is 322. The molecule has 0 radical (unpaired) electrons. The van der Waals surface area contributed by atoms with Gasteiger partial charge in [-0.05, 0) is 34.6 Å². The van der Waals surface area contributed by atoms with E-state index in [0.29, 0.717) is 19.6 Å². The van der Waals surface area contributed by atoms with Crippen molar-refractivity contribution in [3.63, 3.8) is 0 Å². The average Bonchev–Trinajstić information content (AvgIpc) is 2.28. The molecule has 0 aromatic rings. The van der Waals surface area contributed by atoms with E-state index < -0.39 is 17.7 Å². The summed E-state index contributed by atoms with van der Waals surface area (Å²) >= 11 is 0. The van der Waals surface area contributed by atoms with E-state index in [4.69, 9.17) is 0 Å². The summed E-state index contributed by atoms with van der Waals surface area (Å²) in [6, 6.07) is 0. The molecule has 19 heavy (non-hydrogen) atoms. The standard InChI is InChI=1S/C14H26F2N2O/c1-6-17(7-2)12(19)11-10-18(13(3,4)5)9-8-14(11,15)16/h11H,6-10H2,1-5H3. The first-order chi connectivity index (χ1) is 8.63. The van der Waals surface area contributed by atoms with E-state index in [0.717, 1.165) is 0 Å². The second kappa shape index (κ2) is 5.73. The van der Waals surface area contributed by atoms with Crippen LogP contribution >= 0.6 is 0 Å². The first-order valence-corrected chi connectivity index (χ1v) is 7.05. The molecule has 0 aromatic carbocycles. The Hall–Kier alpha value is -0.710. The molecule has 1 amide bonds. The van der Waals surface area contributed by atoms with Crippen LogP contribution in [0.2, 0.25) is 0 Å². The highest BCUT2D eigenvalue weighted by atomic mass is 19.3. The van der Waals surface area contributed by atoms with E-state index in [1.807, 2.05) is 39.5 Å². The summed E-state index contributed by atoms with van der Waals surface area (Å²) in [4.78, 5) is 15.8. The minimum absolute atomic E-state index is 0.145. The van der Waals surface area contributed by atoms with E-state index in [9.17, 15) is 13.6 Å². The van der Waals surface area contributed by atoms with E-state index in [1.54, 1.807) is 0 Å². The van der Waals surface area contributed by atoms with Gasteiger partial charge in [-0.25, -0.2) is 8.78 Å². The third-order valence-electron chi connectivity index (χ3n) is 3.95. The lowest BCUT2D eigenvalue weighted by molar-refractivity contribution is -0.163. The summed E-state index contributed by atoms with van der Waals surface area (Å²) in [6.45, 7) is 11.1. The van der Waals surface area contributed by atoms with Crippen LogP contribution in [0.1, 0.15) is 41.0 Å².